The zero-order valence-corrected chi connectivity index (χ0v) is 12.2. The van der Waals surface area contributed by atoms with Crippen LogP contribution < -0.4 is 0 Å². The Bertz CT molecular complexity index is 822. The summed E-state index contributed by atoms with van der Waals surface area (Å²) in [4.78, 5) is 4.83. The summed E-state index contributed by atoms with van der Waals surface area (Å²) in [6.07, 6.45) is 2.29. The molecule has 0 aliphatic rings. The van der Waals surface area contributed by atoms with Crippen molar-refractivity contribution in [1.82, 2.24) is 4.98 Å². The van der Waals surface area contributed by atoms with E-state index in [0.717, 1.165) is 23.0 Å². The number of oxime groups is 1. The Morgan fingerprint density at radius 2 is 1.76 bits per heavy atom. The van der Waals surface area contributed by atoms with Crippen molar-refractivity contribution in [2.75, 3.05) is 0 Å². The first kappa shape index (κ1) is 13.6. The van der Waals surface area contributed by atoms with Gasteiger partial charge in [0.1, 0.15) is 0 Å². The number of fused-ring (bicyclic) bond motifs is 3. The van der Waals surface area contributed by atoms with Crippen molar-refractivity contribution in [1.29, 1.82) is 0 Å². The SMILES string of the molecule is CC(C)(C=NO)Cc1ccc2ccc3ccccc3c2n1. The molecular weight excluding hydrogens is 260 g/mol. The predicted molar refractivity (Wildman–Crippen MR) is 87.0 cm³/mol. The van der Waals surface area contributed by atoms with Crippen LogP contribution in [0.5, 0.6) is 0 Å². The lowest BCUT2D eigenvalue weighted by molar-refractivity contribution is 0.313. The van der Waals surface area contributed by atoms with Gasteiger partial charge in [-0.3, -0.25) is 4.98 Å². The normalized spacial score (nSPS) is 12.5. The number of rotatable bonds is 3. The Morgan fingerprint density at radius 1 is 1.05 bits per heavy atom. The van der Waals surface area contributed by atoms with E-state index in [-0.39, 0.29) is 5.41 Å². The molecule has 0 fully saturated rings. The average Bonchev–Trinajstić information content (AvgIpc) is 2.46. The highest BCUT2D eigenvalue weighted by Crippen LogP contribution is 2.26. The number of benzene rings is 2. The van der Waals surface area contributed by atoms with Crippen molar-refractivity contribution in [2.24, 2.45) is 10.6 Å². The molecule has 3 nitrogen and oxygen atoms in total. The van der Waals surface area contributed by atoms with Gasteiger partial charge in [0.25, 0.3) is 0 Å². The minimum absolute atomic E-state index is 0.222. The molecule has 1 heterocycles. The number of hydrogen-bond donors (Lipinski definition) is 1. The van der Waals surface area contributed by atoms with Crippen molar-refractivity contribution in [2.45, 2.75) is 20.3 Å². The van der Waals surface area contributed by atoms with Gasteiger partial charge in [-0.2, -0.15) is 0 Å². The molecule has 0 saturated heterocycles. The molecular formula is C18H18N2O. The first-order valence-corrected chi connectivity index (χ1v) is 7.05. The van der Waals surface area contributed by atoms with E-state index in [9.17, 15) is 0 Å². The lowest BCUT2D eigenvalue weighted by atomic mass is 9.89. The summed E-state index contributed by atoms with van der Waals surface area (Å²) in [5, 5.41) is 15.4. The number of hydrogen-bond acceptors (Lipinski definition) is 3. The fourth-order valence-corrected chi connectivity index (χ4v) is 2.67. The van der Waals surface area contributed by atoms with Gasteiger partial charge in [0.05, 0.1) is 5.52 Å². The first-order chi connectivity index (χ1) is 10.1. The fraction of sp³-hybridized carbons (Fsp3) is 0.222. The summed E-state index contributed by atoms with van der Waals surface area (Å²) in [5.41, 5.74) is 1.81. The van der Waals surface area contributed by atoms with E-state index in [2.05, 4.69) is 35.5 Å². The molecule has 0 amide bonds. The second-order valence-electron chi connectivity index (χ2n) is 6.07. The van der Waals surface area contributed by atoms with Crippen molar-refractivity contribution < 1.29 is 5.21 Å². The van der Waals surface area contributed by atoms with Crippen LogP contribution in [0.4, 0.5) is 0 Å². The van der Waals surface area contributed by atoms with Gasteiger partial charge in [0, 0.05) is 28.1 Å². The molecule has 1 N–H and O–H groups in total. The molecule has 0 unspecified atom stereocenters. The maximum absolute atomic E-state index is 8.74. The molecule has 1 aromatic heterocycles. The van der Waals surface area contributed by atoms with Gasteiger partial charge in [-0.1, -0.05) is 56.3 Å². The van der Waals surface area contributed by atoms with Gasteiger partial charge >= 0.3 is 0 Å². The highest BCUT2D eigenvalue weighted by Gasteiger charge is 2.17. The molecule has 0 saturated carbocycles. The van der Waals surface area contributed by atoms with E-state index in [1.807, 2.05) is 32.0 Å². The molecule has 0 atom stereocenters. The van der Waals surface area contributed by atoms with Gasteiger partial charge in [-0.15, -0.1) is 5.16 Å². The van der Waals surface area contributed by atoms with E-state index >= 15 is 0 Å². The Hall–Kier alpha value is -2.42. The molecule has 0 aliphatic heterocycles. The molecule has 3 rings (SSSR count). The summed E-state index contributed by atoms with van der Waals surface area (Å²) in [6, 6.07) is 16.7. The largest absolute Gasteiger partial charge is 0.411 e. The standard InChI is InChI=1S/C18H18N2O/c1-18(2,12-19-21)11-15-10-9-14-8-7-13-5-3-4-6-16(13)17(14)20-15/h3-10,12,21H,11H2,1-2H3. The second-order valence-corrected chi connectivity index (χ2v) is 6.07. The highest BCUT2D eigenvalue weighted by molar-refractivity contribution is 6.05. The van der Waals surface area contributed by atoms with Crippen molar-refractivity contribution >= 4 is 27.9 Å². The van der Waals surface area contributed by atoms with Crippen LogP contribution in [0.3, 0.4) is 0 Å². The fourth-order valence-electron chi connectivity index (χ4n) is 2.67. The summed E-state index contributed by atoms with van der Waals surface area (Å²) in [6.45, 7) is 4.06. The molecule has 106 valence electrons. The number of nitrogens with zero attached hydrogens (tertiary/aromatic N) is 2. The molecule has 3 aromatic rings. The zero-order chi connectivity index (χ0) is 14.9. The van der Waals surface area contributed by atoms with Crippen molar-refractivity contribution in [3.63, 3.8) is 0 Å². The second kappa shape index (κ2) is 5.17. The summed E-state index contributed by atoms with van der Waals surface area (Å²) in [5.74, 6) is 0. The van der Waals surface area contributed by atoms with Gasteiger partial charge in [-0.05, 0) is 17.9 Å². The third-order valence-corrected chi connectivity index (χ3v) is 3.69. The number of pyridine rings is 1. The smallest absolute Gasteiger partial charge is 0.0783 e. The van der Waals surface area contributed by atoms with E-state index in [1.165, 1.54) is 10.8 Å². The van der Waals surface area contributed by atoms with Crippen LogP contribution in [0, 0.1) is 5.41 Å². The molecule has 0 radical (unpaired) electrons. The Kier molecular flexibility index (Phi) is 3.34. The molecule has 3 heteroatoms. The third-order valence-electron chi connectivity index (χ3n) is 3.69. The maximum Gasteiger partial charge on any atom is 0.0783 e. The third kappa shape index (κ3) is 2.72. The number of aromatic nitrogens is 1. The predicted octanol–water partition coefficient (Wildman–Crippen LogP) is 4.42. The van der Waals surface area contributed by atoms with Crippen molar-refractivity contribution in [3.05, 3.63) is 54.2 Å². The molecule has 21 heavy (non-hydrogen) atoms. The van der Waals surface area contributed by atoms with Crippen LogP contribution in [0.1, 0.15) is 19.5 Å². The lowest BCUT2D eigenvalue weighted by Crippen LogP contribution is -2.17. The monoisotopic (exact) mass is 278 g/mol. The maximum atomic E-state index is 8.74. The van der Waals surface area contributed by atoms with Gasteiger partial charge in [-0.25, -0.2) is 0 Å². The van der Waals surface area contributed by atoms with E-state index < -0.39 is 0 Å². The summed E-state index contributed by atoms with van der Waals surface area (Å²) < 4.78 is 0. The van der Waals surface area contributed by atoms with Crippen molar-refractivity contribution in [3.8, 4) is 0 Å². The van der Waals surface area contributed by atoms with Crippen LogP contribution in [-0.4, -0.2) is 16.4 Å². The Balaban J connectivity index is 2.12. The average molecular weight is 278 g/mol. The van der Waals surface area contributed by atoms with Gasteiger partial charge in [0.2, 0.25) is 0 Å². The Labute approximate surface area is 123 Å². The van der Waals surface area contributed by atoms with Crippen LogP contribution in [0.25, 0.3) is 21.7 Å². The van der Waals surface area contributed by atoms with Gasteiger partial charge < -0.3 is 5.21 Å². The van der Waals surface area contributed by atoms with E-state index in [1.54, 1.807) is 6.21 Å². The molecule has 0 bridgehead atoms. The quantitative estimate of drug-likeness (QED) is 0.334. The molecule has 0 spiro atoms. The minimum atomic E-state index is -0.222. The topological polar surface area (TPSA) is 45.5 Å². The minimum Gasteiger partial charge on any atom is -0.411 e. The summed E-state index contributed by atoms with van der Waals surface area (Å²) in [7, 11) is 0. The van der Waals surface area contributed by atoms with E-state index in [4.69, 9.17) is 10.2 Å². The van der Waals surface area contributed by atoms with Gasteiger partial charge in [0.15, 0.2) is 0 Å². The first-order valence-electron chi connectivity index (χ1n) is 7.05. The van der Waals surface area contributed by atoms with Crippen LogP contribution in [0.2, 0.25) is 0 Å². The molecule has 0 aliphatic carbocycles. The van der Waals surface area contributed by atoms with Crippen LogP contribution >= 0.6 is 0 Å². The highest BCUT2D eigenvalue weighted by atomic mass is 16.4. The lowest BCUT2D eigenvalue weighted by Gasteiger charge is -2.18. The van der Waals surface area contributed by atoms with E-state index in [0.29, 0.717) is 0 Å². The summed E-state index contributed by atoms with van der Waals surface area (Å²) >= 11 is 0. The Morgan fingerprint density at radius 3 is 2.57 bits per heavy atom. The van der Waals surface area contributed by atoms with Crippen LogP contribution in [-0.2, 0) is 6.42 Å². The zero-order valence-electron chi connectivity index (χ0n) is 12.2. The van der Waals surface area contributed by atoms with Crippen LogP contribution in [0.15, 0.2) is 53.7 Å². The molecule has 2 aromatic carbocycles.